The van der Waals surface area contributed by atoms with E-state index in [9.17, 15) is 9.59 Å². The van der Waals surface area contributed by atoms with Crippen molar-refractivity contribution in [2.24, 2.45) is 0 Å². The molecule has 1 aromatic heterocycles. The molecule has 6 nitrogen and oxygen atoms in total. The lowest BCUT2D eigenvalue weighted by molar-refractivity contribution is 0.104. The van der Waals surface area contributed by atoms with E-state index in [0.29, 0.717) is 17.9 Å². The fourth-order valence-corrected chi connectivity index (χ4v) is 3.69. The molecule has 3 aromatic rings. The SMILES string of the molecule is CCOC(=O)Nc1ccc(C(=O)C=Cc2cc3ccccc3nc2N2CCCC2)cc1. The zero-order chi connectivity index (χ0) is 21.6. The fourth-order valence-electron chi connectivity index (χ4n) is 3.69. The van der Waals surface area contributed by atoms with Crippen LogP contribution in [-0.4, -0.2) is 36.6 Å². The predicted octanol–water partition coefficient (Wildman–Crippen LogP) is 5.30. The summed E-state index contributed by atoms with van der Waals surface area (Å²) in [4.78, 5) is 31.4. The molecule has 1 aliphatic rings. The minimum Gasteiger partial charge on any atom is -0.450 e. The summed E-state index contributed by atoms with van der Waals surface area (Å²) in [7, 11) is 0. The highest BCUT2D eigenvalue weighted by molar-refractivity contribution is 6.07. The molecule has 1 aliphatic heterocycles. The van der Waals surface area contributed by atoms with Gasteiger partial charge in [0, 0.05) is 35.3 Å². The van der Waals surface area contributed by atoms with Gasteiger partial charge in [0.2, 0.25) is 0 Å². The van der Waals surface area contributed by atoms with E-state index in [1.165, 1.54) is 0 Å². The average molecular weight is 415 g/mol. The molecule has 0 bridgehead atoms. The molecule has 1 fully saturated rings. The molecule has 0 radical (unpaired) electrons. The van der Waals surface area contributed by atoms with Crippen LogP contribution < -0.4 is 10.2 Å². The molecule has 158 valence electrons. The zero-order valence-electron chi connectivity index (χ0n) is 17.5. The van der Waals surface area contributed by atoms with Gasteiger partial charge in [-0.25, -0.2) is 9.78 Å². The van der Waals surface area contributed by atoms with Crippen LogP contribution in [0, 0.1) is 0 Å². The van der Waals surface area contributed by atoms with Gasteiger partial charge in [-0.3, -0.25) is 10.1 Å². The van der Waals surface area contributed by atoms with Gasteiger partial charge in [-0.05, 0) is 68.3 Å². The minimum absolute atomic E-state index is 0.108. The molecule has 31 heavy (non-hydrogen) atoms. The maximum Gasteiger partial charge on any atom is 0.411 e. The van der Waals surface area contributed by atoms with Crippen LogP contribution in [0.4, 0.5) is 16.3 Å². The first-order valence-corrected chi connectivity index (χ1v) is 10.5. The van der Waals surface area contributed by atoms with Crippen LogP contribution in [-0.2, 0) is 4.74 Å². The molecule has 1 N–H and O–H groups in total. The van der Waals surface area contributed by atoms with Crippen molar-refractivity contribution in [2.45, 2.75) is 19.8 Å². The van der Waals surface area contributed by atoms with Gasteiger partial charge < -0.3 is 9.64 Å². The molecule has 0 atom stereocenters. The van der Waals surface area contributed by atoms with E-state index >= 15 is 0 Å². The van der Waals surface area contributed by atoms with Crippen molar-refractivity contribution in [2.75, 3.05) is 29.9 Å². The lowest BCUT2D eigenvalue weighted by atomic mass is 10.1. The summed E-state index contributed by atoms with van der Waals surface area (Å²) >= 11 is 0. The Morgan fingerprint density at radius 3 is 2.58 bits per heavy atom. The Kier molecular flexibility index (Phi) is 6.26. The molecular formula is C25H25N3O3. The number of nitrogens with one attached hydrogen (secondary N) is 1. The number of pyridine rings is 1. The molecule has 2 aromatic carbocycles. The highest BCUT2D eigenvalue weighted by atomic mass is 16.5. The molecular weight excluding hydrogens is 390 g/mol. The lowest BCUT2D eigenvalue weighted by Crippen LogP contribution is -2.20. The van der Waals surface area contributed by atoms with Gasteiger partial charge in [-0.1, -0.05) is 18.2 Å². The van der Waals surface area contributed by atoms with E-state index in [0.717, 1.165) is 48.2 Å². The first-order valence-electron chi connectivity index (χ1n) is 10.5. The smallest absolute Gasteiger partial charge is 0.411 e. The summed E-state index contributed by atoms with van der Waals surface area (Å²) in [5.41, 5.74) is 3.02. The number of ether oxygens (including phenoxy) is 1. The molecule has 2 heterocycles. The van der Waals surface area contributed by atoms with E-state index in [-0.39, 0.29) is 5.78 Å². The van der Waals surface area contributed by atoms with Crippen molar-refractivity contribution >= 4 is 40.4 Å². The summed E-state index contributed by atoms with van der Waals surface area (Å²) < 4.78 is 4.86. The van der Waals surface area contributed by atoms with Crippen LogP contribution in [0.1, 0.15) is 35.7 Å². The average Bonchev–Trinajstić information content (AvgIpc) is 3.32. The number of aromatic nitrogens is 1. The number of benzene rings is 2. The molecule has 1 saturated heterocycles. The number of rotatable bonds is 6. The van der Waals surface area contributed by atoms with E-state index in [4.69, 9.17) is 9.72 Å². The molecule has 6 heteroatoms. The number of hydrogen-bond donors (Lipinski definition) is 1. The van der Waals surface area contributed by atoms with E-state index in [1.54, 1.807) is 37.3 Å². The number of fused-ring (bicyclic) bond motifs is 1. The van der Waals surface area contributed by atoms with Crippen LogP contribution in [0.15, 0.2) is 60.7 Å². The normalized spacial score (nSPS) is 13.6. The number of amides is 1. The highest BCUT2D eigenvalue weighted by Crippen LogP contribution is 2.27. The summed E-state index contributed by atoms with van der Waals surface area (Å²) in [6, 6.07) is 16.9. The minimum atomic E-state index is -0.514. The molecule has 1 amide bonds. The quantitative estimate of drug-likeness (QED) is 0.437. The highest BCUT2D eigenvalue weighted by Gasteiger charge is 2.17. The molecule has 4 rings (SSSR count). The first-order chi connectivity index (χ1) is 15.1. The Morgan fingerprint density at radius 2 is 1.84 bits per heavy atom. The second-order valence-corrected chi connectivity index (χ2v) is 7.41. The Bertz CT molecular complexity index is 1120. The number of para-hydroxylation sites is 1. The summed E-state index contributed by atoms with van der Waals surface area (Å²) in [6.07, 6.45) is 5.23. The monoisotopic (exact) mass is 415 g/mol. The van der Waals surface area contributed by atoms with Gasteiger partial charge in [0.1, 0.15) is 5.82 Å². The number of nitrogens with zero attached hydrogens (tertiary/aromatic N) is 2. The summed E-state index contributed by atoms with van der Waals surface area (Å²) in [5.74, 6) is 0.817. The van der Waals surface area contributed by atoms with Gasteiger partial charge in [0.25, 0.3) is 0 Å². The number of hydrogen-bond acceptors (Lipinski definition) is 5. The molecule has 0 unspecified atom stereocenters. The number of carbonyl (C=O) groups is 2. The van der Waals surface area contributed by atoms with Gasteiger partial charge >= 0.3 is 6.09 Å². The summed E-state index contributed by atoms with van der Waals surface area (Å²) in [5, 5.41) is 3.67. The van der Waals surface area contributed by atoms with Gasteiger partial charge in [-0.2, -0.15) is 0 Å². The standard InChI is InChI=1S/C25H25N3O3/c1-2-31-25(30)26-21-12-9-18(10-13-21)23(29)14-11-20-17-19-7-3-4-8-22(19)27-24(20)28-15-5-6-16-28/h3-4,7-14,17H,2,5-6,15-16H2,1H3,(H,26,30). The van der Waals surface area contributed by atoms with E-state index in [1.807, 2.05) is 30.3 Å². The van der Waals surface area contributed by atoms with Crippen LogP contribution in [0.5, 0.6) is 0 Å². The topological polar surface area (TPSA) is 71.5 Å². The molecule has 0 spiro atoms. The predicted molar refractivity (Wildman–Crippen MR) is 124 cm³/mol. The second-order valence-electron chi connectivity index (χ2n) is 7.41. The molecule has 0 saturated carbocycles. The lowest BCUT2D eigenvalue weighted by Gasteiger charge is -2.19. The number of carbonyl (C=O) groups excluding carboxylic acids is 2. The van der Waals surface area contributed by atoms with Crippen LogP contribution in [0.25, 0.3) is 17.0 Å². The zero-order valence-corrected chi connectivity index (χ0v) is 17.5. The third-order valence-corrected chi connectivity index (χ3v) is 5.24. The van der Waals surface area contributed by atoms with Crippen LogP contribution in [0.2, 0.25) is 0 Å². The van der Waals surface area contributed by atoms with Gasteiger partial charge in [-0.15, -0.1) is 0 Å². The van der Waals surface area contributed by atoms with Crippen molar-refractivity contribution in [1.82, 2.24) is 4.98 Å². The van der Waals surface area contributed by atoms with Crippen molar-refractivity contribution in [1.29, 1.82) is 0 Å². The largest absolute Gasteiger partial charge is 0.450 e. The van der Waals surface area contributed by atoms with E-state index in [2.05, 4.69) is 16.3 Å². The number of allylic oxidation sites excluding steroid dienone is 1. The Morgan fingerprint density at radius 1 is 1.10 bits per heavy atom. The Labute approximate surface area is 181 Å². The van der Waals surface area contributed by atoms with Crippen molar-refractivity contribution < 1.29 is 14.3 Å². The fraction of sp³-hybridized carbons (Fsp3) is 0.240. The van der Waals surface area contributed by atoms with Gasteiger partial charge in [0.15, 0.2) is 5.78 Å². The maximum absolute atomic E-state index is 12.7. The van der Waals surface area contributed by atoms with Crippen molar-refractivity contribution in [3.8, 4) is 0 Å². The molecule has 0 aliphatic carbocycles. The Hall–Kier alpha value is -3.67. The Balaban J connectivity index is 1.55. The third-order valence-electron chi connectivity index (χ3n) is 5.24. The maximum atomic E-state index is 12.7. The van der Waals surface area contributed by atoms with Crippen molar-refractivity contribution in [3.63, 3.8) is 0 Å². The number of anilines is 2. The van der Waals surface area contributed by atoms with Crippen LogP contribution in [0.3, 0.4) is 0 Å². The number of ketones is 1. The van der Waals surface area contributed by atoms with Crippen LogP contribution >= 0.6 is 0 Å². The second kappa shape index (κ2) is 9.43. The van der Waals surface area contributed by atoms with Crippen molar-refractivity contribution in [3.05, 3.63) is 71.8 Å². The van der Waals surface area contributed by atoms with E-state index < -0.39 is 6.09 Å². The third kappa shape index (κ3) is 4.91. The summed E-state index contributed by atoms with van der Waals surface area (Å²) in [6.45, 7) is 4.01. The first kappa shape index (κ1) is 20.6. The van der Waals surface area contributed by atoms with Gasteiger partial charge in [0.05, 0.1) is 12.1 Å².